The average Bonchev–Trinajstić information content (AvgIpc) is 2.89. The monoisotopic (exact) mass is 291 g/mol. The molecule has 20 heavy (non-hydrogen) atoms. The van der Waals surface area contributed by atoms with Gasteiger partial charge in [0.25, 0.3) is 0 Å². The van der Waals surface area contributed by atoms with Crippen LogP contribution < -0.4 is 10.1 Å². The molecule has 1 aromatic carbocycles. The van der Waals surface area contributed by atoms with Crippen molar-refractivity contribution >= 4 is 11.8 Å². The maximum absolute atomic E-state index is 5.20. The van der Waals surface area contributed by atoms with Gasteiger partial charge in [0.05, 0.1) is 7.11 Å². The summed E-state index contributed by atoms with van der Waals surface area (Å²) in [5.74, 6) is 1.84. The molecule has 0 aliphatic carbocycles. The molecule has 0 aliphatic heterocycles. The molecule has 0 saturated carbocycles. The van der Waals surface area contributed by atoms with E-state index in [-0.39, 0.29) is 0 Å². The highest BCUT2D eigenvalue weighted by Crippen LogP contribution is 2.24. The minimum absolute atomic E-state index is 0.313. The Kier molecular flexibility index (Phi) is 5.49. The SMILES string of the molecule is CCNC(CSc1nccn1C)c1ccc(OC)cc1. The Morgan fingerprint density at radius 1 is 1.35 bits per heavy atom. The van der Waals surface area contributed by atoms with Crippen LogP contribution in [-0.2, 0) is 7.05 Å². The van der Waals surface area contributed by atoms with Gasteiger partial charge in [-0.25, -0.2) is 4.98 Å². The maximum Gasteiger partial charge on any atom is 0.167 e. The molecule has 2 rings (SSSR count). The van der Waals surface area contributed by atoms with Crippen molar-refractivity contribution in [1.29, 1.82) is 0 Å². The fourth-order valence-electron chi connectivity index (χ4n) is 2.00. The molecule has 1 aromatic heterocycles. The molecule has 4 nitrogen and oxygen atoms in total. The minimum atomic E-state index is 0.313. The quantitative estimate of drug-likeness (QED) is 0.796. The lowest BCUT2D eigenvalue weighted by Gasteiger charge is -2.18. The van der Waals surface area contributed by atoms with Crippen LogP contribution in [0.3, 0.4) is 0 Å². The zero-order chi connectivity index (χ0) is 14.4. The van der Waals surface area contributed by atoms with E-state index in [1.165, 1.54) is 5.56 Å². The molecule has 1 unspecified atom stereocenters. The normalized spacial score (nSPS) is 12.3. The summed E-state index contributed by atoms with van der Waals surface area (Å²) in [5.41, 5.74) is 1.27. The molecule has 0 radical (unpaired) electrons. The van der Waals surface area contributed by atoms with Crippen LogP contribution in [0.5, 0.6) is 5.75 Å². The summed E-state index contributed by atoms with van der Waals surface area (Å²) in [5, 5.41) is 4.56. The Morgan fingerprint density at radius 2 is 2.10 bits per heavy atom. The van der Waals surface area contributed by atoms with Gasteiger partial charge in [-0.1, -0.05) is 30.8 Å². The van der Waals surface area contributed by atoms with Crippen LogP contribution >= 0.6 is 11.8 Å². The molecule has 108 valence electrons. The summed E-state index contributed by atoms with van der Waals surface area (Å²) in [6.07, 6.45) is 3.80. The van der Waals surface area contributed by atoms with E-state index in [0.29, 0.717) is 6.04 Å². The van der Waals surface area contributed by atoms with Gasteiger partial charge in [-0.15, -0.1) is 0 Å². The lowest BCUT2D eigenvalue weighted by Crippen LogP contribution is -2.23. The van der Waals surface area contributed by atoms with Crippen LogP contribution in [0, 0.1) is 0 Å². The minimum Gasteiger partial charge on any atom is -0.497 e. The van der Waals surface area contributed by atoms with Crippen LogP contribution in [0.15, 0.2) is 41.8 Å². The van der Waals surface area contributed by atoms with Crippen LogP contribution in [0.4, 0.5) is 0 Å². The molecule has 1 N–H and O–H groups in total. The molecule has 0 bridgehead atoms. The molecule has 0 saturated heterocycles. The number of nitrogens with one attached hydrogen (secondary N) is 1. The number of ether oxygens (including phenoxy) is 1. The van der Waals surface area contributed by atoms with Crippen molar-refractivity contribution in [3.8, 4) is 5.75 Å². The van der Waals surface area contributed by atoms with E-state index in [9.17, 15) is 0 Å². The van der Waals surface area contributed by atoms with E-state index in [2.05, 4.69) is 29.4 Å². The van der Waals surface area contributed by atoms with Crippen molar-refractivity contribution < 1.29 is 4.74 Å². The number of aryl methyl sites for hydroxylation is 1. The van der Waals surface area contributed by atoms with Gasteiger partial charge in [-0.05, 0) is 24.2 Å². The van der Waals surface area contributed by atoms with E-state index >= 15 is 0 Å². The van der Waals surface area contributed by atoms with Gasteiger partial charge in [-0.2, -0.15) is 0 Å². The Hall–Kier alpha value is -1.46. The summed E-state index contributed by atoms with van der Waals surface area (Å²) >= 11 is 1.76. The van der Waals surface area contributed by atoms with Crippen LogP contribution in [0.25, 0.3) is 0 Å². The molecular formula is C15H21N3OS. The summed E-state index contributed by atoms with van der Waals surface area (Å²) in [6.45, 7) is 3.07. The standard InChI is InChI=1S/C15H21N3OS/c1-4-16-14(11-20-15-17-9-10-18(15)2)12-5-7-13(19-3)8-6-12/h5-10,14,16H,4,11H2,1-3H3. The van der Waals surface area contributed by atoms with Gasteiger partial charge in [0.15, 0.2) is 5.16 Å². The third-order valence-corrected chi connectivity index (χ3v) is 4.28. The summed E-state index contributed by atoms with van der Waals surface area (Å²) in [4.78, 5) is 4.35. The maximum atomic E-state index is 5.20. The van der Waals surface area contributed by atoms with Gasteiger partial charge < -0.3 is 14.6 Å². The second-order valence-electron chi connectivity index (χ2n) is 4.52. The summed E-state index contributed by atoms with van der Waals surface area (Å²) in [6, 6.07) is 8.56. The van der Waals surface area contributed by atoms with E-state index in [0.717, 1.165) is 23.2 Å². The van der Waals surface area contributed by atoms with Crippen molar-refractivity contribution in [2.24, 2.45) is 7.05 Å². The lowest BCUT2D eigenvalue weighted by atomic mass is 10.1. The van der Waals surface area contributed by atoms with E-state index in [4.69, 9.17) is 4.74 Å². The largest absolute Gasteiger partial charge is 0.497 e. The predicted molar refractivity (Wildman–Crippen MR) is 83.3 cm³/mol. The molecule has 0 amide bonds. The molecule has 0 aliphatic rings. The number of rotatable bonds is 7. The fraction of sp³-hybridized carbons (Fsp3) is 0.400. The molecule has 0 fully saturated rings. The topological polar surface area (TPSA) is 39.1 Å². The Balaban J connectivity index is 2.04. The fourth-order valence-corrected chi connectivity index (χ4v) is 3.03. The Morgan fingerprint density at radius 3 is 2.65 bits per heavy atom. The smallest absolute Gasteiger partial charge is 0.167 e. The Labute approximate surface area is 124 Å². The van der Waals surface area contributed by atoms with Crippen LogP contribution in [0.2, 0.25) is 0 Å². The third kappa shape index (κ3) is 3.77. The molecule has 1 atom stereocenters. The van der Waals surface area contributed by atoms with E-state index in [1.807, 2.05) is 36.1 Å². The van der Waals surface area contributed by atoms with Crippen LogP contribution in [0.1, 0.15) is 18.5 Å². The zero-order valence-corrected chi connectivity index (χ0v) is 13.0. The number of methoxy groups -OCH3 is 1. The van der Waals surface area contributed by atoms with Crippen molar-refractivity contribution in [3.63, 3.8) is 0 Å². The van der Waals surface area contributed by atoms with Crippen molar-refractivity contribution in [1.82, 2.24) is 14.9 Å². The van der Waals surface area contributed by atoms with Gasteiger partial charge in [0.2, 0.25) is 0 Å². The van der Waals surface area contributed by atoms with E-state index in [1.54, 1.807) is 18.9 Å². The second kappa shape index (κ2) is 7.36. The van der Waals surface area contributed by atoms with Gasteiger partial charge in [0.1, 0.15) is 5.75 Å². The number of benzene rings is 1. The number of hydrogen-bond acceptors (Lipinski definition) is 4. The van der Waals surface area contributed by atoms with Gasteiger partial charge >= 0.3 is 0 Å². The van der Waals surface area contributed by atoms with Gasteiger partial charge in [0, 0.05) is 31.2 Å². The van der Waals surface area contributed by atoms with Crippen molar-refractivity contribution in [2.45, 2.75) is 18.1 Å². The number of thioether (sulfide) groups is 1. The first-order valence-corrected chi connectivity index (χ1v) is 7.70. The molecular weight excluding hydrogens is 270 g/mol. The highest BCUT2D eigenvalue weighted by Gasteiger charge is 2.12. The molecule has 2 aromatic rings. The molecule has 1 heterocycles. The van der Waals surface area contributed by atoms with Crippen molar-refractivity contribution in [3.05, 3.63) is 42.2 Å². The number of nitrogens with zero attached hydrogens (tertiary/aromatic N) is 2. The average molecular weight is 291 g/mol. The first-order valence-electron chi connectivity index (χ1n) is 6.72. The number of hydrogen-bond donors (Lipinski definition) is 1. The first kappa shape index (κ1) is 14.9. The number of imidazole rings is 1. The molecule has 0 spiro atoms. The van der Waals surface area contributed by atoms with Crippen molar-refractivity contribution in [2.75, 3.05) is 19.4 Å². The lowest BCUT2D eigenvalue weighted by molar-refractivity contribution is 0.414. The second-order valence-corrected chi connectivity index (χ2v) is 5.50. The zero-order valence-electron chi connectivity index (χ0n) is 12.2. The van der Waals surface area contributed by atoms with Gasteiger partial charge in [-0.3, -0.25) is 0 Å². The highest BCUT2D eigenvalue weighted by atomic mass is 32.2. The Bertz CT molecular complexity index is 524. The van der Waals surface area contributed by atoms with Crippen LogP contribution in [-0.4, -0.2) is 29.0 Å². The predicted octanol–water partition coefficient (Wildman–Crippen LogP) is 2.87. The number of aromatic nitrogens is 2. The van der Waals surface area contributed by atoms with E-state index < -0.39 is 0 Å². The summed E-state index contributed by atoms with van der Waals surface area (Å²) < 4.78 is 7.25. The highest BCUT2D eigenvalue weighted by molar-refractivity contribution is 7.99. The third-order valence-electron chi connectivity index (χ3n) is 3.12. The summed E-state index contributed by atoms with van der Waals surface area (Å²) in [7, 11) is 3.71. The first-order chi connectivity index (χ1) is 9.74. The molecule has 5 heteroatoms.